The minimum atomic E-state index is -0.260. The van der Waals surface area contributed by atoms with E-state index >= 15 is 0 Å². The molecule has 0 amide bonds. The van der Waals surface area contributed by atoms with Crippen LogP contribution in [0.15, 0.2) is 45.8 Å². The van der Waals surface area contributed by atoms with Crippen LogP contribution in [0.1, 0.15) is 5.56 Å². The Morgan fingerprint density at radius 1 is 1.16 bits per heavy atom. The van der Waals surface area contributed by atoms with Gasteiger partial charge >= 0.3 is 0 Å². The van der Waals surface area contributed by atoms with Crippen LogP contribution in [0, 0.1) is 0 Å². The minimum Gasteiger partial charge on any atom is -0.488 e. The summed E-state index contributed by atoms with van der Waals surface area (Å²) in [6, 6.07) is 6.97. The van der Waals surface area contributed by atoms with Gasteiger partial charge in [0.1, 0.15) is 17.9 Å². The molecule has 0 saturated carbocycles. The fourth-order valence-corrected chi connectivity index (χ4v) is 2.46. The van der Waals surface area contributed by atoms with E-state index in [-0.39, 0.29) is 5.56 Å². The number of aromatic nitrogens is 1. The van der Waals surface area contributed by atoms with Crippen LogP contribution in [0.25, 0.3) is 27.9 Å². The number of hydrogen-bond acceptors (Lipinski definition) is 4. The second-order valence-corrected chi connectivity index (χ2v) is 4.36. The number of pyridine rings is 1. The van der Waals surface area contributed by atoms with Gasteiger partial charge in [-0.05, 0) is 30.4 Å². The van der Waals surface area contributed by atoms with E-state index in [2.05, 4.69) is 4.98 Å². The molecule has 0 N–H and O–H groups in total. The maximum atomic E-state index is 11.5. The lowest BCUT2D eigenvalue weighted by atomic mass is 10.0. The van der Waals surface area contributed by atoms with Gasteiger partial charge in [0.2, 0.25) is 0 Å². The van der Waals surface area contributed by atoms with Crippen LogP contribution in [0.3, 0.4) is 0 Å². The second-order valence-electron chi connectivity index (χ2n) is 4.36. The van der Waals surface area contributed by atoms with Gasteiger partial charge in [0, 0.05) is 17.0 Å². The Hall–Kier alpha value is -2.62. The Morgan fingerprint density at radius 2 is 2.11 bits per heavy atom. The highest BCUT2D eigenvalue weighted by Crippen LogP contribution is 2.38. The lowest BCUT2D eigenvalue weighted by molar-refractivity contribution is 0.363. The van der Waals surface area contributed by atoms with Crippen molar-refractivity contribution >= 4 is 27.9 Å². The van der Waals surface area contributed by atoms with Gasteiger partial charge in [-0.2, -0.15) is 0 Å². The number of nitrogens with zero attached hydrogens (tertiary/aromatic N) is 1. The van der Waals surface area contributed by atoms with Crippen molar-refractivity contribution < 1.29 is 9.15 Å². The van der Waals surface area contributed by atoms with Crippen LogP contribution in [0.2, 0.25) is 0 Å². The smallest absolute Gasteiger partial charge is 0.270 e. The Kier molecular flexibility index (Phi) is 2.00. The van der Waals surface area contributed by atoms with Crippen LogP contribution in [-0.4, -0.2) is 11.6 Å². The molecule has 0 fully saturated rings. The van der Waals surface area contributed by atoms with Crippen molar-refractivity contribution in [3.8, 4) is 5.75 Å². The maximum Gasteiger partial charge on any atom is 0.270 e. The molecule has 92 valence electrons. The van der Waals surface area contributed by atoms with Gasteiger partial charge in [-0.1, -0.05) is 0 Å². The Balaban J connectivity index is 2.34. The van der Waals surface area contributed by atoms with E-state index in [1.807, 2.05) is 24.3 Å². The first-order chi connectivity index (χ1) is 9.34. The summed E-state index contributed by atoms with van der Waals surface area (Å²) in [7, 11) is 0. The van der Waals surface area contributed by atoms with Crippen LogP contribution in [0.4, 0.5) is 0 Å². The average Bonchev–Trinajstić information content (AvgIpc) is 2.47. The molecule has 4 heteroatoms. The molecule has 0 aliphatic carbocycles. The summed E-state index contributed by atoms with van der Waals surface area (Å²) in [5.41, 5.74) is 1.90. The lowest BCUT2D eigenvalue weighted by Gasteiger charge is -2.16. The summed E-state index contributed by atoms with van der Waals surface area (Å²) < 4.78 is 11.3. The Bertz CT molecular complexity index is 893. The molecule has 1 aromatic carbocycles. The van der Waals surface area contributed by atoms with Crippen molar-refractivity contribution in [3.05, 3.63) is 52.5 Å². The molecule has 19 heavy (non-hydrogen) atoms. The summed E-state index contributed by atoms with van der Waals surface area (Å²) >= 11 is 0. The molecule has 2 aromatic heterocycles. The number of hydrogen-bond donors (Lipinski definition) is 0. The van der Waals surface area contributed by atoms with Crippen LogP contribution in [-0.2, 0) is 0 Å². The monoisotopic (exact) mass is 251 g/mol. The fourth-order valence-electron chi connectivity index (χ4n) is 2.46. The first-order valence-electron chi connectivity index (χ1n) is 5.98. The zero-order valence-corrected chi connectivity index (χ0v) is 9.92. The summed E-state index contributed by atoms with van der Waals surface area (Å²) in [6.07, 6.45) is 5.46. The van der Waals surface area contributed by atoms with E-state index in [4.69, 9.17) is 9.15 Å². The van der Waals surface area contributed by atoms with Crippen molar-refractivity contribution in [2.24, 2.45) is 0 Å². The number of benzene rings is 1. The number of rotatable bonds is 0. The highest BCUT2D eigenvalue weighted by Gasteiger charge is 2.18. The lowest BCUT2D eigenvalue weighted by Crippen LogP contribution is -2.07. The fraction of sp³-hybridized carbons (Fsp3) is 0.0667. The summed E-state index contributed by atoms with van der Waals surface area (Å²) in [4.78, 5) is 15.6. The van der Waals surface area contributed by atoms with Gasteiger partial charge in [-0.15, -0.1) is 0 Å². The van der Waals surface area contributed by atoms with Crippen molar-refractivity contribution in [2.45, 2.75) is 0 Å². The third-order valence-corrected chi connectivity index (χ3v) is 3.24. The van der Waals surface area contributed by atoms with Crippen molar-refractivity contribution in [1.82, 2.24) is 4.98 Å². The van der Waals surface area contributed by atoms with E-state index in [9.17, 15) is 4.79 Å². The Labute approximate surface area is 107 Å². The first-order valence-corrected chi connectivity index (χ1v) is 5.98. The molecule has 4 nitrogen and oxygen atoms in total. The minimum absolute atomic E-state index is 0.260. The molecule has 0 bridgehead atoms. The Morgan fingerprint density at radius 3 is 3.05 bits per heavy atom. The summed E-state index contributed by atoms with van der Waals surface area (Å²) in [5, 5.41) is 1.72. The van der Waals surface area contributed by atoms with E-state index < -0.39 is 0 Å². The van der Waals surface area contributed by atoms with E-state index in [0.29, 0.717) is 17.7 Å². The molecule has 0 spiro atoms. The number of fused-ring (bicyclic) bond motifs is 6. The van der Waals surface area contributed by atoms with Gasteiger partial charge < -0.3 is 9.15 Å². The van der Waals surface area contributed by atoms with Crippen LogP contribution >= 0.6 is 0 Å². The first kappa shape index (κ1) is 10.3. The zero-order chi connectivity index (χ0) is 12.8. The van der Waals surface area contributed by atoms with E-state index in [1.165, 1.54) is 6.07 Å². The normalized spacial score (nSPS) is 13.5. The van der Waals surface area contributed by atoms with Crippen molar-refractivity contribution in [1.29, 1.82) is 0 Å². The zero-order valence-electron chi connectivity index (χ0n) is 9.92. The quantitative estimate of drug-likeness (QED) is 0.576. The molecule has 0 saturated heterocycles. The van der Waals surface area contributed by atoms with Crippen molar-refractivity contribution in [3.63, 3.8) is 0 Å². The van der Waals surface area contributed by atoms with E-state index in [1.54, 1.807) is 12.3 Å². The molecule has 0 atom stereocenters. The molecule has 4 rings (SSSR count). The third kappa shape index (κ3) is 1.40. The molecule has 3 aromatic rings. The van der Waals surface area contributed by atoms with Crippen molar-refractivity contribution in [2.75, 3.05) is 6.61 Å². The molecule has 1 aliphatic heterocycles. The molecular weight excluding hydrogens is 242 g/mol. The predicted octanol–water partition coefficient (Wildman–Crippen LogP) is 2.75. The van der Waals surface area contributed by atoms with Crippen LogP contribution < -0.4 is 10.3 Å². The molecular formula is C15H9NO3. The van der Waals surface area contributed by atoms with Gasteiger partial charge in [-0.3, -0.25) is 4.79 Å². The van der Waals surface area contributed by atoms with Gasteiger partial charge in [0.15, 0.2) is 0 Å². The SMILES string of the molecule is O=c1ccc2c(n1)c1c(c3cccoc32)OCC=C1. The van der Waals surface area contributed by atoms with Gasteiger partial charge in [-0.25, -0.2) is 4.98 Å². The average molecular weight is 251 g/mol. The molecule has 0 radical (unpaired) electrons. The molecule has 0 unspecified atom stereocenters. The molecule has 3 heterocycles. The third-order valence-electron chi connectivity index (χ3n) is 3.24. The predicted molar refractivity (Wildman–Crippen MR) is 72.3 cm³/mol. The van der Waals surface area contributed by atoms with E-state index in [0.717, 1.165) is 22.1 Å². The highest BCUT2D eigenvalue weighted by molar-refractivity contribution is 6.10. The largest absolute Gasteiger partial charge is 0.488 e. The topological polar surface area (TPSA) is 52.3 Å². The highest BCUT2D eigenvalue weighted by atomic mass is 16.5. The molecule has 1 aliphatic rings. The van der Waals surface area contributed by atoms with Gasteiger partial charge in [0.25, 0.3) is 5.56 Å². The van der Waals surface area contributed by atoms with Crippen LogP contribution in [0.5, 0.6) is 5.75 Å². The summed E-state index contributed by atoms with van der Waals surface area (Å²) in [6.45, 7) is 0.513. The summed E-state index contributed by atoms with van der Waals surface area (Å²) in [5.74, 6) is 0.729. The standard InChI is InChI=1S/C15H9NO3/c17-12-6-5-10-13(16-12)9-3-1-7-18-14(9)11-4-2-8-19-15(10)11/h1-6,8H,7H2. The maximum absolute atomic E-state index is 11.5. The second kappa shape index (κ2) is 3.68. The van der Waals surface area contributed by atoms with Gasteiger partial charge in [0.05, 0.1) is 17.2 Å². The number of ether oxygens (including phenoxy) is 1.